The van der Waals surface area contributed by atoms with Gasteiger partial charge in [-0.25, -0.2) is 19.6 Å². The molecule has 13 heteroatoms. The molecule has 0 atom stereocenters. The Kier molecular flexibility index (Phi) is 8.64. The molecule has 1 fully saturated rings. The van der Waals surface area contributed by atoms with Gasteiger partial charge in [0.15, 0.2) is 5.13 Å². The number of amides is 4. The number of aryl methyl sites for hydroxylation is 2. The van der Waals surface area contributed by atoms with Crippen molar-refractivity contribution >= 4 is 57.3 Å². The molecule has 4 rings (SSSR count). The van der Waals surface area contributed by atoms with Crippen molar-refractivity contribution in [2.45, 2.75) is 13.8 Å². The molecule has 196 valence electrons. The monoisotopic (exact) mass is 545 g/mol. The van der Waals surface area contributed by atoms with E-state index < -0.39 is 0 Å². The fourth-order valence-corrected chi connectivity index (χ4v) is 4.64. The zero-order valence-electron chi connectivity index (χ0n) is 20.5. The van der Waals surface area contributed by atoms with Crippen molar-refractivity contribution < 1.29 is 19.4 Å². The Balaban J connectivity index is 1.25. The molecule has 2 aromatic heterocycles. The summed E-state index contributed by atoms with van der Waals surface area (Å²) in [6.07, 6.45) is 1.60. The smallest absolute Gasteiger partial charge is 0.325 e. The normalized spacial score (nSPS) is 13.3. The van der Waals surface area contributed by atoms with Crippen molar-refractivity contribution in [2.24, 2.45) is 0 Å². The van der Waals surface area contributed by atoms with Crippen LogP contribution >= 0.6 is 22.9 Å². The Bertz CT molecular complexity index is 1230. The van der Waals surface area contributed by atoms with Crippen molar-refractivity contribution in [1.82, 2.24) is 14.9 Å². The highest BCUT2D eigenvalue weighted by Crippen LogP contribution is 2.27. The van der Waals surface area contributed by atoms with Crippen LogP contribution in [0.15, 0.2) is 36.5 Å². The highest BCUT2D eigenvalue weighted by atomic mass is 35.5. The van der Waals surface area contributed by atoms with Crippen LogP contribution in [-0.4, -0.2) is 71.4 Å². The highest BCUT2D eigenvalue weighted by Gasteiger charge is 2.22. The summed E-state index contributed by atoms with van der Waals surface area (Å²) < 4.78 is 5.33. The zero-order valence-corrected chi connectivity index (χ0v) is 22.0. The highest BCUT2D eigenvalue weighted by molar-refractivity contribution is 7.15. The van der Waals surface area contributed by atoms with Gasteiger partial charge < -0.3 is 30.3 Å². The summed E-state index contributed by atoms with van der Waals surface area (Å²) in [7, 11) is 0. The van der Waals surface area contributed by atoms with Gasteiger partial charge in [0.1, 0.15) is 18.2 Å². The van der Waals surface area contributed by atoms with E-state index >= 15 is 0 Å². The van der Waals surface area contributed by atoms with Crippen molar-refractivity contribution in [3.63, 3.8) is 0 Å². The first-order valence-corrected chi connectivity index (χ1v) is 12.8. The predicted octanol–water partition coefficient (Wildman–Crippen LogP) is 4.18. The van der Waals surface area contributed by atoms with Crippen molar-refractivity contribution in [2.75, 3.05) is 60.2 Å². The van der Waals surface area contributed by atoms with E-state index in [1.807, 2.05) is 19.9 Å². The van der Waals surface area contributed by atoms with Crippen molar-refractivity contribution in [3.8, 4) is 5.75 Å². The zero-order chi connectivity index (χ0) is 26.4. The number of aliphatic hydroxyl groups is 1. The van der Waals surface area contributed by atoms with Gasteiger partial charge >= 0.3 is 12.1 Å². The number of rotatable bonds is 7. The maximum atomic E-state index is 12.7. The van der Waals surface area contributed by atoms with Gasteiger partial charge in [0, 0.05) is 37.1 Å². The number of piperazine rings is 1. The lowest BCUT2D eigenvalue weighted by Crippen LogP contribution is -2.50. The Labute approximate surface area is 223 Å². The number of aromatic nitrogens is 2. The molecule has 3 heterocycles. The van der Waals surface area contributed by atoms with Crippen LogP contribution in [0.1, 0.15) is 10.6 Å². The summed E-state index contributed by atoms with van der Waals surface area (Å²) in [5, 5.41) is 18.1. The number of halogens is 1. The summed E-state index contributed by atoms with van der Waals surface area (Å²) in [4.78, 5) is 38.6. The average molecular weight is 546 g/mol. The molecule has 0 saturated carbocycles. The van der Waals surface area contributed by atoms with Crippen molar-refractivity contribution in [3.05, 3.63) is 52.1 Å². The summed E-state index contributed by atoms with van der Waals surface area (Å²) in [5.41, 5.74) is 1.94. The minimum absolute atomic E-state index is 0.0940. The van der Waals surface area contributed by atoms with E-state index in [0.717, 1.165) is 16.4 Å². The minimum Gasteiger partial charge on any atom is -0.491 e. The van der Waals surface area contributed by atoms with E-state index in [-0.39, 0.29) is 25.3 Å². The van der Waals surface area contributed by atoms with Gasteiger partial charge in [-0.15, -0.1) is 11.3 Å². The number of ether oxygens (including phenoxy) is 1. The van der Waals surface area contributed by atoms with Crippen LogP contribution in [0.4, 0.5) is 31.9 Å². The molecule has 0 aliphatic carbocycles. The van der Waals surface area contributed by atoms with Gasteiger partial charge in [-0.1, -0.05) is 11.6 Å². The number of thiazole rings is 1. The van der Waals surface area contributed by atoms with Gasteiger partial charge in [-0.2, -0.15) is 0 Å². The summed E-state index contributed by atoms with van der Waals surface area (Å²) in [5.74, 6) is 1.28. The van der Waals surface area contributed by atoms with Gasteiger partial charge in [-0.05, 0) is 38.1 Å². The number of nitrogens with one attached hydrogen (secondary N) is 3. The molecule has 1 aliphatic heterocycles. The number of benzene rings is 1. The number of anilines is 4. The van der Waals surface area contributed by atoms with Crippen molar-refractivity contribution in [1.29, 1.82) is 0 Å². The Morgan fingerprint density at radius 3 is 2.51 bits per heavy atom. The third-order valence-electron chi connectivity index (χ3n) is 5.69. The summed E-state index contributed by atoms with van der Waals surface area (Å²) in [6.45, 7) is 6.17. The number of nitrogens with zero attached hydrogens (tertiary/aromatic N) is 4. The second kappa shape index (κ2) is 12.1. The second-order valence-corrected chi connectivity index (χ2v) is 9.87. The molecule has 1 saturated heterocycles. The van der Waals surface area contributed by atoms with Crippen LogP contribution in [0.2, 0.25) is 5.02 Å². The molecule has 0 radical (unpaired) electrons. The van der Waals surface area contributed by atoms with E-state index in [9.17, 15) is 9.59 Å². The van der Waals surface area contributed by atoms with Crippen LogP contribution in [0, 0.1) is 13.8 Å². The number of carbonyl (C=O) groups is 2. The number of carbonyl (C=O) groups excluding carboxylic acids is 2. The Hall–Kier alpha value is -3.61. The fraction of sp³-hybridized carbons (Fsp3) is 0.333. The molecular formula is C24H28ClN7O4S. The number of hydrogen-bond acceptors (Lipinski definition) is 8. The molecule has 0 spiro atoms. The first-order valence-electron chi connectivity index (χ1n) is 11.6. The molecule has 4 amide bonds. The summed E-state index contributed by atoms with van der Waals surface area (Å²) >= 11 is 7.68. The van der Waals surface area contributed by atoms with Gasteiger partial charge in [0.25, 0.3) is 0 Å². The van der Waals surface area contributed by atoms with E-state index in [2.05, 4.69) is 30.8 Å². The summed E-state index contributed by atoms with van der Waals surface area (Å²) in [6, 6.07) is 7.95. The lowest BCUT2D eigenvalue weighted by molar-refractivity contribution is 0.201. The molecule has 0 bridgehead atoms. The molecule has 4 N–H and O–H groups in total. The minimum atomic E-state index is -0.379. The number of urea groups is 2. The quantitative estimate of drug-likeness (QED) is 0.350. The van der Waals surface area contributed by atoms with E-state index in [1.165, 1.54) is 11.3 Å². The SMILES string of the molecule is Cc1nc(NC(=O)Nc2ccc(N3CCN(C(=O)Nc4ccc(OCCO)cc4Cl)CC3)nc2)sc1C. The third-order valence-corrected chi connectivity index (χ3v) is 6.99. The molecule has 3 aromatic rings. The molecule has 11 nitrogen and oxygen atoms in total. The number of aliphatic hydroxyl groups excluding tert-OH is 1. The lowest BCUT2D eigenvalue weighted by Gasteiger charge is -2.35. The van der Waals surface area contributed by atoms with Crippen LogP contribution < -0.4 is 25.6 Å². The number of hydrogen-bond donors (Lipinski definition) is 4. The topological polar surface area (TPSA) is 132 Å². The van der Waals surface area contributed by atoms with E-state index in [0.29, 0.717) is 53.5 Å². The maximum Gasteiger partial charge on any atom is 0.325 e. The third kappa shape index (κ3) is 7.00. The molecule has 1 aliphatic rings. The first-order chi connectivity index (χ1) is 17.8. The maximum absolute atomic E-state index is 12.7. The van der Waals surface area contributed by atoms with Crippen LogP contribution in [-0.2, 0) is 0 Å². The average Bonchev–Trinajstić information content (AvgIpc) is 3.20. The Morgan fingerprint density at radius 2 is 1.89 bits per heavy atom. The van der Waals surface area contributed by atoms with Gasteiger partial charge in [-0.3, -0.25) is 5.32 Å². The van der Waals surface area contributed by atoms with E-state index in [1.54, 1.807) is 35.4 Å². The van der Waals surface area contributed by atoms with Gasteiger partial charge in [0.05, 0.1) is 34.9 Å². The second-order valence-electron chi connectivity index (χ2n) is 8.26. The Morgan fingerprint density at radius 1 is 1.11 bits per heavy atom. The molecule has 37 heavy (non-hydrogen) atoms. The fourth-order valence-electron chi connectivity index (χ4n) is 3.62. The predicted molar refractivity (Wildman–Crippen MR) is 145 cm³/mol. The standard InChI is InChI=1S/C24H28ClN7O4S/c1-15-16(2)37-23(27-15)30-22(34)28-17-3-6-21(26-14-17)31-7-9-32(10-8-31)24(35)29-20-5-4-18(13-19(20)25)36-12-11-33/h3-6,13-14,33H,7-12H2,1-2H3,(H,29,35)(H2,27,28,30,34). The first kappa shape index (κ1) is 26.5. The van der Waals surface area contributed by atoms with Crippen LogP contribution in [0.25, 0.3) is 0 Å². The van der Waals surface area contributed by atoms with Crippen LogP contribution in [0.3, 0.4) is 0 Å². The number of pyridine rings is 1. The largest absolute Gasteiger partial charge is 0.491 e. The van der Waals surface area contributed by atoms with E-state index in [4.69, 9.17) is 21.4 Å². The lowest BCUT2D eigenvalue weighted by atomic mass is 10.3. The molecular weight excluding hydrogens is 518 g/mol. The van der Waals surface area contributed by atoms with Crippen LogP contribution in [0.5, 0.6) is 5.75 Å². The molecule has 0 unspecified atom stereocenters. The van der Waals surface area contributed by atoms with Gasteiger partial charge in [0.2, 0.25) is 0 Å². The molecule has 1 aromatic carbocycles.